The zero-order valence-electron chi connectivity index (χ0n) is 14.8. The lowest BCUT2D eigenvalue weighted by atomic mass is 10.2. The average Bonchev–Trinajstić information content (AvgIpc) is 3.20. The van der Waals surface area contributed by atoms with E-state index in [4.69, 9.17) is 9.15 Å². The van der Waals surface area contributed by atoms with Crippen molar-refractivity contribution in [2.75, 3.05) is 27.2 Å². The van der Waals surface area contributed by atoms with E-state index in [0.717, 1.165) is 11.5 Å². The number of methoxy groups -OCH3 is 1. The number of likely N-dealkylation sites (tertiary alicyclic amines) is 1. The first-order valence-electron chi connectivity index (χ1n) is 8.35. The molecule has 1 fully saturated rings. The van der Waals surface area contributed by atoms with Crippen molar-refractivity contribution in [1.82, 2.24) is 9.80 Å². The molecule has 0 bridgehead atoms. The highest BCUT2D eigenvalue weighted by atomic mass is 16.5. The minimum atomic E-state index is -0.580. The maximum atomic E-state index is 12.7. The van der Waals surface area contributed by atoms with E-state index in [1.54, 1.807) is 36.3 Å². The molecule has 6 heteroatoms. The summed E-state index contributed by atoms with van der Waals surface area (Å²) >= 11 is 0. The number of likely N-dealkylation sites (N-methyl/N-ethyl adjacent to an activating group) is 1. The monoisotopic (exact) mass is 344 g/mol. The first-order chi connectivity index (χ1) is 12.0. The second-order valence-corrected chi connectivity index (χ2v) is 6.50. The summed E-state index contributed by atoms with van der Waals surface area (Å²) in [7, 11) is 3.53. The van der Waals surface area contributed by atoms with Crippen LogP contribution >= 0.6 is 0 Å². The van der Waals surface area contributed by atoms with Crippen LogP contribution in [0.3, 0.4) is 0 Å². The lowest BCUT2D eigenvalue weighted by molar-refractivity contribution is 0.0762. The van der Waals surface area contributed by atoms with Crippen LogP contribution < -0.4 is 4.74 Å². The maximum Gasteiger partial charge on any atom is 0.254 e. The number of ether oxygens (including phenoxy) is 1. The van der Waals surface area contributed by atoms with Gasteiger partial charge in [0.05, 0.1) is 25.8 Å². The topological polar surface area (TPSA) is 66.2 Å². The summed E-state index contributed by atoms with van der Waals surface area (Å²) in [6.07, 6.45) is -0.580. The Balaban J connectivity index is 1.64. The summed E-state index contributed by atoms with van der Waals surface area (Å²) in [5.74, 6) is 2.36. The number of carbonyl (C=O) groups is 1. The fourth-order valence-corrected chi connectivity index (χ4v) is 3.22. The van der Waals surface area contributed by atoms with E-state index in [-0.39, 0.29) is 11.9 Å². The zero-order valence-corrected chi connectivity index (χ0v) is 14.8. The van der Waals surface area contributed by atoms with Gasteiger partial charge in [-0.05, 0) is 50.4 Å². The number of aliphatic hydroxyl groups excluding tert-OH is 1. The van der Waals surface area contributed by atoms with Crippen molar-refractivity contribution in [1.29, 1.82) is 0 Å². The summed E-state index contributed by atoms with van der Waals surface area (Å²) in [6.45, 7) is 3.32. The van der Waals surface area contributed by atoms with Gasteiger partial charge >= 0.3 is 0 Å². The fourth-order valence-electron chi connectivity index (χ4n) is 3.22. The Morgan fingerprint density at radius 2 is 2.00 bits per heavy atom. The Kier molecular flexibility index (Phi) is 5.11. The normalized spacial score (nSPS) is 20.3. The van der Waals surface area contributed by atoms with Crippen LogP contribution in [0.2, 0.25) is 0 Å². The van der Waals surface area contributed by atoms with E-state index in [1.165, 1.54) is 0 Å². The molecule has 25 heavy (non-hydrogen) atoms. The van der Waals surface area contributed by atoms with E-state index >= 15 is 0 Å². The van der Waals surface area contributed by atoms with Crippen LogP contribution in [-0.2, 0) is 6.54 Å². The lowest BCUT2D eigenvalue weighted by Gasteiger charge is -2.25. The van der Waals surface area contributed by atoms with Gasteiger partial charge in [0.15, 0.2) is 0 Å². The maximum absolute atomic E-state index is 12.7. The molecule has 2 heterocycles. The minimum Gasteiger partial charge on any atom is -0.497 e. The Hall–Kier alpha value is -2.31. The second-order valence-electron chi connectivity index (χ2n) is 6.50. The molecule has 0 unspecified atom stereocenters. The molecule has 0 aliphatic carbocycles. The Morgan fingerprint density at radius 1 is 1.28 bits per heavy atom. The molecule has 1 aromatic heterocycles. The van der Waals surface area contributed by atoms with Gasteiger partial charge in [0.2, 0.25) is 0 Å². The van der Waals surface area contributed by atoms with E-state index < -0.39 is 6.10 Å². The summed E-state index contributed by atoms with van der Waals surface area (Å²) < 4.78 is 10.7. The van der Waals surface area contributed by atoms with E-state index in [0.29, 0.717) is 30.9 Å². The SMILES string of the molecule is COc1ccc(C(=O)N2C[C@H](O)[C@@H](N(C)Cc3ccc(C)o3)C2)cc1. The van der Waals surface area contributed by atoms with Crippen LogP contribution in [0.15, 0.2) is 40.8 Å². The Labute approximate surface area is 147 Å². The molecule has 0 saturated carbocycles. The van der Waals surface area contributed by atoms with Gasteiger partial charge in [0, 0.05) is 18.7 Å². The number of aryl methyl sites for hydroxylation is 1. The van der Waals surface area contributed by atoms with Gasteiger partial charge in [-0.3, -0.25) is 9.69 Å². The van der Waals surface area contributed by atoms with Gasteiger partial charge in [0.1, 0.15) is 17.3 Å². The van der Waals surface area contributed by atoms with Crippen LogP contribution in [0, 0.1) is 6.92 Å². The highest BCUT2D eigenvalue weighted by Gasteiger charge is 2.36. The van der Waals surface area contributed by atoms with Crippen LogP contribution in [-0.4, -0.2) is 60.2 Å². The molecule has 1 aliphatic heterocycles. The number of carbonyl (C=O) groups excluding carboxylic acids is 1. The number of aliphatic hydroxyl groups is 1. The predicted octanol–water partition coefficient (Wildman–Crippen LogP) is 1.91. The summed E-state index contributed by atoms with van der Waals surface area (Å²) in [6, 6.07) is 10.8. The predicted molar refractivity (Wildman–Crippen MR) is 93.6 cm³/mol. The molecule has 134 valence electrons. The number of furan rings is 1. The molecular formula is C19H24N2O4. The third kappa shape index (κ3) is 3.86. The van der Waals surface area contributed by atoms with Crippen molar-refractivity contribution in [3.8, 4) is 5.75 Å². The number of nitrogens with zero attached hydrogens (tertiary/aromatic N) is 2. The molecular weight excluding hydrogens is 320 g/mol. The van der Waals surface area contributed by atoms with Crippen molar-refractivity contribution >= 4 is 5.91 Å². The van der Waals surface area contributed by atoms with Crippen molar-refractivity contribution in [2.45, 2.75) is 25.6 Å². The largest absolute Gasteiger partial charge is 0.497 e. The van der Waals surface area contributed by atoms with Crippen LogP contribution in [0.25, 0.3) is 0 Å². The number of hydrogen-bond acceptors (Lipinski definition) is 5. The number of benzene rings is 1. The molecule has 1 aliphatic rings. The van der Waals surface area contributed by atoms with Crippen molar-refractivity contribution in [2.24, 2.45) is 0 Å². The molecule has 6 nitrogen and oxygen atoms in total. The summed E-state index contributed by atoms with van der Waals surface area (Å²) in [4.78, 5) is 16.4. The lowest BCUT2D eigenvalue weighted by Crippen LogP contribution is -2.40. The average molecular weight is 344 g/mol. The zero-order chi connectivity index (χ0) is 18.0. The molecule has 0 radical (unpaired) electrons. The quantitative estimate of drug-likeness (QED) is 0.898. The van der Waals surface area contributed by atoms with Crippen molar-refractivity contribution in [3.63, 3.8) is 0 Å². The van der Waals surface area contributed by atoms with Gasteiger partial charge in [0.25, 0.3) is 5.91 Å². The Morgan fingerprint density at radius 3 is 2.60 bits per heavy atom. The van der Waals surface area contributed by atoms with Gasteiger partial charge in [-0.1, -0.05) is 0 Å². The second kappa shape index (κ2) is 7.29. The molecule has 0 spiro atoms. The number of β-amino-alcohol motifs (C(OH)–C–C–N with tert-alkyl or cyclic N) is 1. The third-order valence-corrected chi connectivity index (χ3v) is 4.65. The molecule has 2 aromatic rings. The van der Waals surface area contributed by atoms with Crippen LogP contribution in [0.5, 0.6) is 5.75 Å². The number of amides is 1. The van der Waals surface area contributed by atoms with Crippen molar-refractivity contribution in [3.05, 3.63) is 53.5 Å². The highest BCUT2D eigenvalue weighted by Crippen LogP contribution is 2.21. The first kappa shape index (κ1) is 17.5. The van der Waals surface area contributed by atoms with Gasteiger partial charge in [-0.15, -0.1) is 0 Å². The van der Waals surface area contributed by atoms with Crippen LogP contribution in [0.1, 0.15) is 21.9 Å². The van der Waals surface area contributed by atoms with E-state index in [2.05, 4.69) is 0 Å². The summed E-state index contributed by atoms with van der Waals surface area (Å²) in [5, 5.41) is 10.4. The molecule has 1 amide bonds. The molecule has 1 saturated heterocycles. The van der Waals surface area contributed by atoms with E-state index in [9.17, 15) is 9.90 Å². The molecule has 3 rings (SSSR count). The smallest absolute Gasteiger partial charge is 0.254 e. The van der Waals surface area contributed by atoms with Crippen LogP contribution in [0.4, 0.5) is 0 Å². The number of rotatable bonds is 5. The molecule has 2 atom stereocenters. The third-order valence-electron chi connectivity index (χ3n) is 4.65. The fraction of sp³-hybridized carbons (Fsp3) is 0.421. The minimum absolute atomic E-state index is 0.0774. The molecule has 1 N–H and O–H groups in total. The van der Waals surface area contributed by atoms with Gasteiger partial charge in [-0.2, -0.15) is 0 Å². The Bertz CT molecular complexity index is 725. The van der Waals surface area contributed by atoms with Gasteiger partial charge < -0.3 is 19.2 Å². The van der Waals surface area contributed by atoms with Gasteiger partial charge in [-0.25, -0.2) is 0 Å². The summed E-state index contributed by atoms with van der Waals surface area (Å²) in [5.41, 5.74) is 0.595. The standard InChI is InChI=1S/C19H24N2O4/c1-13-4-7-16(25-13)10-20(2)17-11-21(12-18(17)22)19(23)14-5-8-15(24-3)9-6-14/h4-9,17-18,22H,10-12H2,1-3H3/t17-,18-/m0/s1. The molecule has 1 aromatic carbocycles. The first-order valence-corrected chi connectivity index (χ1v) is 8.35. The highest BCUT2D eigenvalue weighted by molar-refractivity contribution is 5.94. The van der Waals surface area contributed by atoms with E-state index in [1.807, 2.05) is 31.0 Å². The number of hydrogen-bond donors (Lipinski definition) is 1. The van der Waals surface area contributed by atoms with Crippen molar-refractivity contribution < 1.29 is 19.1 Å².